The number of hydrogen-bond acceptors (Lipinski definition) is 4. The highest BCUT2D eigenvalue weighted by molar-refractivity contribution is 7.92. The van der Waals surface area contributed by atoms with Gasteiger partial charge < -0.3 is 10.1 Å². The molecule has 1 rings (SSSR count). The average Bonchev–Trinajstić information content (AvgIpc) is 2.63. The molecule has 0 aliphatic carbocycles. The Morgan fingerprint density at radius 2 is 2.27 bits per heavy atom. The van der Waals surface area contributed by atoms with Gasteiger partial charge in [0.2, 0.25) is 5.91 Å². The zero-order chi connectivity index (χ0) is 11.5. The number of amides is 1. The lowest BCUT2D eigenvalue weighted by Gasteiger charge is -2.12. The van der Waals surface area contributed by atoms with Crippen molar-refractivity contribution in [2.75, 3.05) is 26.0 Å². The van der Waals surface area contributed by atoms with E-state index < -0.39 is 21.0 Å². The molecule has 1 aliphatic heterocycles. The van der Waals surface area contributed by atoms with E-state index in [1.165, 1.54) is 6.92 Å². The Kier molecular flexibility index (Phi) is 4.10. The molecule has 0 radical (unpaired) electrons. The molecule has 0 aromatic carbocycles. The first-order valence-corrected chi connectivity index (χ1v) is 6.91. The molecule has 1 N–H and O–H groups in total. The number of rotatable bonds is 4. The first kappa shape index (κ1) is 12.4. The van der Waals surface area contributed by atoms with E-state index in [-0.39, 0.29) is 0 Å². The molecule has 1 aliphatic rings. The number of nitrogens with one attached hydrogen (secondary N) is 1. The van der Waals surface area contributed by atoms with Gasteiger partial charge in [-0.2, -0.15) is 0 Å². The third kappa shape index (κ3) is 3.79. The molecular weight excluding hydrogens is 218 g/mol. The fraction of sp³-hybridized carbons (Fsp3) is 0.889. The van der Waals surface area contributed by atoms with Crippen LogP contribution in [-0.2, 0) is 19.4 Å². The highest BCUT2D eigenvalue weighted by Crippen LogP contribution is 2.10. The van der Waals surface area contributed by atoms with Crippen LogP contribution in [0.5, 0.6) is 0 Å². The lowest BCUT2D eigenvalue weighted by molar-refractivity contribution is -0.120. The lowest BCUT2D eigenvalue weighted by Crippen LogP contribution is -2.39. The van der Waals surface area contributed by atoms with Gasteiger partial charge in [-0.25, -0.2) is 8.42 Å². The highest BCUT2D eigenvalue weighted by atomic mass is 32.2. The van der Waals surface area contributed by atoms with Crippen LogP contribution < -0.4 is 5.32 Å². The fourth-order valence-electron chi connectivity index (χ4n) is 1.33. The van der Waals surface area contributed by atoms with Crippen LogP contribution in [0.2, 0.25) is 0 Å². The number of carbonyl (C=O) groups excluding carboxylic acids is 1. The molecule has 0 saturated carbocycles. The maximum absolute atomic E-state index is 11.4. The molecule has 5 nitrogen and oxygen atoms in total. The van der Waals surface area contributed by atoms with Crippen molar-refractivity contribution in [3.05, 3.63) is 0 Å². The fourth-order valence-corrected chi connectivity index (χ4v) is 1.80. The summed E-state index contributed by atoms with van der Waals surface area (Å²) in [7, 11) is -3.29. The summed E-state index contributed by atoms with van der Waals surface area (Å²) in [6.45, 7) is 3.27. The van der Waals surface area contributed by atoms with E-state index in [4.69, 9.17) is 4.74 Å². The predicted molar refractivity (Wildman–Crippen MR) is 56.2 cm³/mol. The summed E-state index contributed by atoms with van der Waals surface area (Å²) in [5.41, 5.74) is 0. The summed E-state index contributed by atoms with van der Waals surface area (Å²) in [5, 5.41) is 1.66. The van der Waals surface area contributed by atoms with E-state index in [0.29, 0.717) is 19.1 Å². The van der Waals surface area contributed by atoms with Gasteiger partial charge in [0.25, 0.3) is 0 Å². The predicted octanol–water partition coefficient (Wildman–Crippen LogP) is -0.428. The number of hydrogen-bond donors (Lipinski definition) is 1. The van der Waals surface area contributed by atoms with Crippen LogP contribution in [0.4, 0.5) is 0 Å². The van der Waals surface area contributed by atoms with Crippen molar-refractivity contribution in [2.24, 2.45) is 5.92 Å². The van der Waals surface area contributed by atoms with Crippen LogP contribution in [0.1, 0.15) is 13.3 Å². The standard InChI is InChI=1S/C9H17NO4S/c1-7(15(2,12)13)9(11)10-5-8-3-4-14-6-8/h7-8H,3-6H2,1-2H3,(H,10,11)/t7-,8-/m0/s1. The minimum absolute atomic E-state index is 0.320. The molecular formula is C9H17NO4S. The highest BCUT2D eigenvalue weighted by Gasteiger charge is 2.24. The van der Waals surface area contributed by atoms with Gasteiger partial charge in [-0.05, 0) is 13.3 Å². The summed E-state index contributed by atoms with van der Waals surface area (Å²) in [6.07, 6.45) is 1.99. The zero-order valence-electron chi connectivity index (χ0n) is 9.02. The smallest absolute Gasteiger partial charge is 0.238 e. The van der Waals surface area contributed by atoms with Crippen molar-refractivity contribution in [1.82, 2.24) is 5.32 Å². The number of ether oxygens (including phenoxy) is 1. The van der Waals surface area contributed by atoms with E-state index in [2.05, 4.69) is 5.32 Å². The molecule has 0 bridgehead atoms. The molecule has 0 aromatic heterocycles. The second kappa shape index (κ2) is 4.94. The van der Waals surface area contributed by atoms with Crippen LogP contribution in [0.15, 0.2) is 0 Å². The van der Waals surface area contributed by atoms with Gasteiger partial charge in [0.05, 0.1) is 6.61 Å². The molecule has 1 fully saturated rings. The summed E-state index contributed by atoms with van der Waals surface area (Å²) >= 11 is 0. The van der Waals surface area contributed by atoms with Crippen molar-refractivity contribution >= 4 is 15.7 Å². The van der Waals surface area contributed by atoms with Gasteiger partial charge in [0.1, 0.15) is 5.25 Å². The third-order valence-corrected chi connectivity index (χ3v) is 4.10. The van der Waals surface area contributed by atoms with Crippen molar-refractivity contribution in [1.29, 1.82) is 0 Å². The van der Waals surface area contributed by atoms with Crippen molar-refractivity contribution in [2.45, 2.75) is 18.6 Å². The average molecular weight is 235 g/mol. The Hall–Kier alpha value is -0.620. The summed E-state index contributed by atoms with van der Waals surface area (Å²) < 4.78 is 27.3. The van der Waals surface area contributed by atoms with E-state index in [9.17, 15) is 13.2 Å². The number of sulfone groups is 1. The third-order valence-electron chi connectivity index (χ3n) is 2.60. The molecule has 15 heavy (non-hydrogen) atoms. The monoisotopic (exact) mass is 235 g/mol. The lowest BCUT2D eigenvalue weighted by atomic mass is 10.1. The second-order valence-electron chi connectivity index (χ2n) is 3.95. The van der Waals surface area contributed by atoms with E-state index >= 15 is 0 Å². The Balaban J connectivity index is 2.35. The summed E-state index contributed by atoms with van der Waals surface area (Å²) in [6, 6.07) is 0. The van der Waals surface area contributed by atoms with Crippen molar-refractivity contribution in [3.63, 3.8) is 0 Å². The van der Waals surface area contributed by atoms with E-state index in [0.717, 1.165) is 19.3 Å². The SMILES string of the molecule is C[C@@H](C(=O)NC[C@@H]1CCOC1)S(C)(=O)=O. The molecule has 0 unspecified atom stereocenters. The van der Waals surface area contributed by atoms with Crippen LogP contribution in [0.3, 0.4) is 0 Å². The molecule has 1 saturated heterocycles. The molecule has 88 valence electrons. The van der Waals surface area contributed by atoms with Crippen molar-refractivity contribution < 1.29 is 17.9 Å². The molecule has 1 heterocycles. The molecule has 2 atom stereocenters. The topological polar surface area (TPSA) is 72.5 Å². The second-order valence-corrected chi connectivity index (χ2v) is 6.31. The van der Waals surface area contributed by atoms with Gasteiger partial charge in [-0.1, -0.05) is 0 Å². The largest absolute Gasteiger partial charge is 0.381 e. The van der Waals surface area contributed by atoms with Crippen LogP contribution in [0.25, 0.3) is 0 Å². The Bertz CT molecular complexity index is 319. The van der Waals surface area contributed by atoms with Gasteiger partial charge in [0, 0.05) is 25.3 Å². The summed E-state index contributed by atoms with van der Waals surface area (Å²) in [5.74, 6) is -0.106. The first-order chi connectivity index (χ1) is 6.91. The molecule has 1 amide bonds. The van der Waals surface area contributed by atoms with Gasteiger partial charge >= 0.3 is 0 Å². The molecule has 0 aromatic rings. The summed E-state index contributed by atoms with van der Waals surface area (Å²) in [4.78, 5) is 11.4. The van der Waals surface area contributed by atoms with Gasteiger partial charge in [-0.15, -0.1) is 0 Å². The van der Waals surface area contributed by atoms with E-state index in [1.54, 1.807) is 0 Å². The quantitative estimate of drug-likeness (QED) is 0.718. The zero-order valence-corrected chi connectivity index (χ0v) is 9.84. The van der Waals surface area contributed by atoms with Crippen LogP contribution in [-0.4, -0.2) is 45.6 Å². The normalized spacial score (nSPS) is 23.7. The van der Waals surface area contributed by atoms with Gasteiger partial charge in [-0.3, -0.25) is 4.79 Å². The Labute approximate surface area is 90.1 Å². The number of carbonyl (C=O) groups is 1. The minimum Gasteiger partial charge on any atom is -0.381 e. The van der Waals surface area contributed by atoms with Crippen LogP contribution in [0, 0.1) is 5.92 Å². The maximum atomic E-state index is 11.4. The Morgan fingerprint density at radius 1 is 1.60 bits per heavy atom. The minimum atomic E-state index is -3.29. The first-order valence-electron chi connectivity index (χ1n) is 4.95. The molecule has 0 spiro atoms. The van der Waals surface area contributed by atoms with Crippen LogP contribution >= 0.6 is 0 Å². The molecule has 6 heteroatoms. The van der Waals surface area contributed by atoms with Crippen molar-refractivity contribution in [3.8, 4) is 0 Å². The Morgan fingerprint density at radius 3 is 2.73 bits per heavy atom. The maximum Gasteiger partial charge on any atom is 0.238 e. The van der Waals surface area contributed by atoms with Gasteiger partial charge in [0.15, 0.2) is 9.84 Å². The van der Waals surface area contributed by atoms with E-state index in [1.807, 2.05) is 0 Å².